The third-order valence-electron chi connectivity index (χ3n) is 0.115. The summed E-state index contributed by atoms with van der Waals surface area (Å²) in [5.41, 5.74) is 0. The van der Waals surface area contributed by atoms with E-state index < -0.39 is 10.1 Å². The van der Waals surface area contributed by atoms with Crippen LogP contribution in [0.5, 0.6) is 0 Å². The van der Waals surface area contributed by atoms with Crippen molar-refractivity contribution in [2.45, 2.75) is 0 Å². The predicted octanol–water partition coefficient (Wildman–Crippen LogP) is -0.647. The monoisotopic (exact) mass is 163 g/mol. The van der Waals surface area contributed by atoms with Crippen molar-refractivity contribution in [2.24, 2.45) is 0 Å². The van der Waals surface area contributed by atoms with Gasteiger partial charge in [0, 0.05) is 17.1 Å². The molecule has 0 aliphatic carbocycles. The normalized spacial score (nSPS) is 8.57. The molecule has 0 fully saturated rings. The average Bonchev–Trinajstić information content (AvgIpc) is 1.35. The summed E-state index contributed by atoms with van der Waals surface area (Å²) in [6.45, 7) is 0. The molecule has 0 rings (SSSR count). The molecule has 0 bridgehead atoms. The summed E-state index contributed by atoms with van der Waals surface area (Å²) in [5.74, 6) is 0. The van der Waals surface area contributed by atoms with Crippen molar-refractivity contribution in [1.82, 2.24) is 0 Å². The molecule has 0 aromatic heterocycles. The van der Waals surface area contributed by atoms with Crippen molar-refractivity contribution < 1.29 is 30.0 Å². The zero-order valence-corrected chi connectivity index (χ0v) is 4.89. The Morgan fingerprint density at radius 2 is 1.71 bits per heavy atom. The van der Waals surface area contributed by atoms with Crippen molar-refractivity contribution in [2.75, 3.05) is 0 Å². The summed E-state index contributed by atoms with van der Waals surface area (Å²) in [7, 11) is -4.36. The summed E-state index contributed by atoms with van der Waals surface area (Å²) in [4.78, 5) is 0. The number of nitrogens with zero attached hydrogens (tertiary/aromatic N) is 1. The standard InChI is InChI=1S/CHNO3S.Fe/c2-1-6(3,4)5;/h(H,3,4,5);. The van der Waals surface area contributed by atoms with Crippen LogP contribution in [0.2, 0.25) is 0 Å². The second-order valence-electron chi connectivity index (χ2n) is 0.566. The zero-order chi connectivity index (χ0) is 5.21. The molecular weight excluding hydrogens is 162 g/mol. The molecule has 0 heterocycles. The molecular formula is CHFeNO3S. The minimum absolute atomic E-state index is 0. The van der Waals surface area contributed by atoms with E-state index in [1.54, 1.807) is 0 Å². The second kappa shape index (κ2) is 2.99. The summed E-state index contributed by atoms with van der Waals surface area (Å²) in [6, 6.07) is 0. The fourth-order valence-corrected chi connectivity index (χ4v) is 0. The molecule has 4 nitrogen and oxygen atoms in total. The molecule has 0 aromatic carbocycles. The van der Waals surface area contributed by atoms with Gasteiger partial charge in [-0.3, -0.25) is 4.55 Å². The van der Waals surface area contributed by atoms with Gasteiger partial charge in [-0.25, -0.2) is 0 Å². The molecule has 0 saturated heterocycles. The largest absolute Gasteiger partial charge is 0.360 e. The molecule has 0 aliphatic heterocycles. The number of rotatable bonds is 0. The quantitative estimate of drug-likeness (QED) is 0.223. The van der Waals surface area contributed by atoms with Crippen LogP contribution in [0.1, 0.15) is 0 Å². The molecule has 0 aliphatic rings. The first-order valence-electron chi connectivity index (χ1n) is 0.944. The van der Waals surface area contributed by atoms with Gasteiger partial charge in [0.2, 0.25) is 5.40 Å². The van der Waals surface area contributed by atoms with Crippen molar-refractivity contribution >= 4 is 10.1 Å². The van der Waals surface area contributed by atoms with E-state index in [0.29, 0.717) is 5.40 Å². The van der Waals surface area contributed by atoms with Crippen LogP contribution < -0.4 is 0 Å². The Morgan fingerprint density at radius 1 is 1.57 bits per heavy atom. The van der Waals surface area contributed by atoms with E-state index in [1.165, 1.54) is 0 Å². The third kappa shape index (κ3) is 10.7. The molecule has 7 heavy (non-hydrogen) atoms. The van der Waals surface area contributed by atoms with E-state index in [-0.39, 0.29) is 17.1 Å². The molecule has 0 atom stereocenters. The maximum Gasteiger partial charge on any atom is 0.360 e. The Kier molecular flexibility index (Phi) is 4.28. The third-order valence-corrected chi connectivity index (χ3v) is 0.346. The van der Waals surface area contributed by atoms with Crippen LogP contribution in [0.15, 0.2) is 0 Å². The van der Waals surface area contributed by atoms with Crippen LogP contribution in [0.4, 0.5) is 0 Å². The molecule has 0 unspecified atom stereocenters. The van der Waals surface area contributed by atoms with E-state index in [1.807, 2.05) is 0 Å². The van der Waals surface area contributed by atoms with E-state index >= 15 is 0 Å². The van der Waals surface area contributed by atoms with Crippen molar-refractivity contribution in [3.05, 3.63) is 0 Å². The van der Waals surface area contributed by atoms with E-state index in [9.17, 15) is 8.42 Å². The van der Waals surface area contributed by atoms with Crippen LogP contribution >= 0.6 is 0 Å². The number of thiocyanates is 1. The SMILES string of the molecule is N#CS(=O)(=O)O.[Fe]. The number of nitriles is 1. The Bertz CT molecular complexity index is 164. The maximum atomic E-state index is 9.19. The summed E-state index contributed by atoms with van der Waals surface area (Å²) in [5, 5.41) is 7.95. The van der Waals surface area contributed by atoms with Gasteiger partial charge >= 0.3 is 10.1 Å². The number of hydrogen-bond acceptors (Lipinski definition) is 3. The van der Waals surface area contributed by atoms with Gasteiger partial charge in [-0.15, -0.1) is 0 Å². The van der Waals surface area contributed by atoms with Crippen LogP contribution in [0.3, 0.4) is 0 Å². The summed E-state index contributed by atoms with van der Waals surface area (Å²) >= 11 is 0. The molecule has 0 saturated carbocycles. The average molecular weight is 163 g/mol. The fraction of sp³-hybridized carbons (Fsp3) is 0. The predicted molar refractivity (Wildman–Crippen MR) is 17.2 cm³/mol. The van der Waals surface area contributed by atoms with E-state index in [0.717, 1.165) is 0 Å². The topological polar surface area (TPSA) is 78.2 Å². The van der Waals surface area contributed by atoms with E-state index in [2.05, 4.69) is 0 Å². The first-order chi connectivity index (χ1) is 2.56. The van der Waals surface area contributed by atoms with Crippen LogP contribution in [-0.4, -0.2) is 13.0 Å². The minimum Gasteiger partial charge on any atom is -0.274 e. The Labute approximate surface area is 51.4 Å². The Hall–Kier alpha value is -0.0805. The van der Waals surface area contributed by atoms with Crippen molar-refractivity contribution in [3.8, 4) is 5.40 Å². The smallest absolute Gasteiger partial charge is 0.274 e. The van der Waals surface area contributed by atoms with Crippen LogP contribution in [0.25, 0.3) is 0 Å². The minimum atomic E-state index is -4.36. The molecule has 0 amide bonds. The molecule has 0 spiro atoms. The molecule has 0 aromatic rings. The van der Waals surface area contributed by atoms with Gasteiger partial charge < -0.3 is 0 Å². The van der Waals surface area contributed by atoms with Gasteiger partial charge in [0.15, 0.2) is 0 Å². The summed E-state index contributed by atoms with van der Waals surface area (Å²) in [6.07, 6.45) is 0. The maximum absolute atomic E-state index is 9.19. The molecule has 1 N–H and O–H groups in total. The Morgan fingerprint density at radius 3 is 1.71 bits per heavy atom. The van der Waals surface area contributed by atoms with Crippen molar-refractivity contribution in [1.29, 1.82) is 5.26 Å². The molecule has 6 heteroatoms. The molecule has 0 radical (unpaired) electrons. The number of hydrogen-bond donors (Lipinski definition) is 1. The first-order valence-corrected chi connectivity index (χ1v) is 2.38. The van der Waals surface area contributed by atoms with E-state index in [4.69, 9.17) is 9.81 Å². The zero-order valence-electron chi connectivity index (χ0n) is 2.97. The van der Waals surface area contributed by atoms with Gasteiger partial charge in [-0.2, -0.15) is 13.7 Å². The van der Waals surface area contributed by atoms with Crippen LogP contribution in [-0.2, 0) is 27.2 Å². The van der Waals surface area contributed by atoms with Crippen LogP contribution in [0, 0.1) is 10.7 Å². The van der Waals surface area contributed by atoms with Gasteiger partial charge in [0.25, 0.3) is 0 Å². The molecule has 42 valence electrons. The van der Waals surface area contributed by atoms with Crippen molar-refractivity contribution in [3.63, 3.8) is 0 Å². The van der Waals surface area contributed by atoms with Gasteiger partial charge in [0.1, 0.15) is 0 Å². The van der Waals surface area contributed by atoms with Gasteiger partial charge in [0.05, 0.1) is 0 Å². The first kappa shape index (κ1) is 10.0. The Balaban J connectivity index is 0. The van der Waals surface area contributed by atoms with Gasteiger partial charge in [-0.05, 0) is 0 Å². The summed E-state index contributed by atoms with van der Waals surface area (Å²) < 4.78 is 25.8. The van der Waals surface area contributed by atoms with Gasteiger partial charge in [-0.1, -0.05) is 0 Å². The second-order valence-corrected chi connectivity index (χ2v) is 1.70. The fourth-order valence-electron chi connectivity index (χ4n) is 0.